The molecular formula is C30H50O3. The van der Waals surface area contributed by atoms with E-state index >= 15 is 0 Å². The smallest absolute Gasteiger partial charge is 0.113 e. The molecule has 2 N–H and O–H groups in total. The van der Waals surface area contributed by atoms with Gasteiger partial charge >= 0.3 is 0 Å². The van der Waals surface area contributed by atoms with Gasteiger partial charge in [-0.05, 0) is 111 Å². The van der Waals surface area contributed by atoms with E-state index in [0.29, 0.717) is 34.5 Å². The van der Waals surface area contributed by atoms with Gasteiger partial charge in [0.2, 0.25) is 0 Å². The molecule has 0 spiro atoms. The topological polar surface area (TPSA) is 53.0 Å². The molecular weight excluding hydrogens is 408 g/mol. The number of ether oxygens (including phenoxy) is 1. The molecule has 5 rings (SSSR count). The molecule has 0 aromatic rings. The summed E-state index contributed by atoms with van der Waals surface area (Å²) in [5.74, 6) is 2.42. The first-order valence-electron chi connectivity index (χ1n) is 13.9. The molecule has 3 nitrogen and oxygen atoms in total. The van der Waals surface area contributed by atoms with E-state index in [9.17, 15) is 10.2 Å². The second-order valence-corrected chi connectivity index (χ2v) is 14.7. The molecule has 0 unspecified atom stereocenters. The Morgan fingerprint density at radius 3 is 2.30 bits per heavy atom. The summed E-state index contributed by atoms with van der Waals surface area (Å²) in [4.78, 5) is 0. The summed E-state index contributed by atoms with van der Waals surface area (Å²) in [6, 6.07) is 0. The van der Waals surface area contributed by atoms with Crippen LogP contribution in [-0.2, 0) is 4.74 Å². The monoisotopic (exact) mass is 458 g/mol. The predicted octanol–water partition coefficient (Wildman–Crippen LogP) is 6.52. The highest BCUT2D eigenvalue weighted by molar-refractivity contribution is 5.33. The first kappa shape index (κ1) is 24.3. The summed E-state index contributed by atoms with van der Waals surface area (Å²) in [5, 5.41) is 21.7. The lowest BCUT2D eigenvalue weighted by Gasteiger charge is -2.64. The molecule has 4 fully saturated rings. The van der Waals surface area contributed by atoms with E-state index in [0.717, 1.165) is 19.3 Å². The van der Waals surface area contributed by atoms with E-state index in [2.05, 4.69) is 61.5 Å². The summed E-state index contributed by atoms with van der Waals surface area (Å²) in [5.41, 5.74) is 2.50. The Morgan fingerprint density at radius 1 is 1.00 bits per heavy atom. The van der Waals surface area contributed by atoms with Crippen LogP contribution in [0.5, 0.6) is 0 Å². The van der Waals surface area contributed by atoms with Crippen LogP contribution in [0.4, 0.5) is 0 Å². The largest absolute Gasteiger partial charge is 0.393 e. The van der Waals surface area contributed by atoms with Gasteiger partial charge < -0.3 is 14.9 Å². The molecule has 0 bridgehead atoms. The number of rotatable bonds is 4. The summed E-state index contributed by atoms with van der Waals surface area (Å²) >= 11 is 0. The SMILES string of the molecule is C[C@@H](C[C@H](O)[C@@H]1OC1(C)C)[C@@H]1CC[C@]2(C)C3=CC[C@H]4C(C)(C)[C@@H](O)CC[C@]4(C)[C@H]3CC[C@@]12C. The number of allylic oxidation sites excluding steroid dienone is 2. The van der Waals surface area contributed by atoms with Crippen molar-refractivity contribution in [2.24, 2.45) is 45.3 Å². The number of aliphatic hydroxyl groups excluding tert-OH is 2. The fourth-order valence-electron chi connectivity index (χ4n) is 10.2. The Labute approximate surface area is 202 Å². The van der Waals surface area contributed by atoms with Crippen LogP contribution in [-0.4, -0.2) is 34.1 Å². The first-order chi connectivity index (χ1) is 15.2. The maximum absolute atomic E-state index is 10.9. The Kier molecular flexibility index (Phi) is 5.40. The van der Waals surface area contributed by atoms with Gasteiger partial charge in [0.15, 0.2) is 0 Å². The molecule has 0 aromatic heterocycles. The Morgan fingerprint density at radius 2 is 1.67 bits per heavy atom. The summed E-state index contributed by atoms with van der Waals surface area (Å²) in [6.45, 7) is 19.0. The fourth-order valence-corrected chi connectivity index (χ4v) is 10.2. The molecule has 0 aromatic carbocycles. The van der Waals surface area contributed by atoms with Gasteiger partial charge in [-0.3, -0.25) is 0 Å². The van der Waals surface area contributed by atoms with Gasteiger partial charge in [-0.25, -0.2) is 0 Å². The second kappa shape index (κ2) is 7.32. The number of hydrogen-bond acceptors (Lipinski definition) is 3. The summed E-state index contributed by atoms with van der Waals surface area (Å²) in [6.07, 6.45) is 11.4. The third kappa shape index (κ3) is 3.23. The van der Waals surface area contributed by atoms with Crippen LogP contribution >= 0.6 is 0 Å². The van der Waals surface area contributed by atoms with Crippen molar-refractivity contribution in [2.75, 3.05) is 0 Å². The lowest BCUT2D eigenvalue weighted by molar-refractivity contribution is -0.131. The molecule has 3 heteroatoms. The molecule has 0 amide bonds. The molecule has 1 aliphatic heterocycles. The maximum atomic E-state index is 10.9. The van der Waals surface area contributed by atoms with E-state index in [1.807, 2.05) is 0 Å². The Hall–Kier alpha value is -0.380. The highest BCUT2D eigenvalue weighted by Crippen LogP contribution is 2.73. The molecule has 188 valence electrons. The van der Waals surface area contributed by atoms with Crippen molar-refractivity contribution < 1.29 is 14.9 Å². The van der Waals surface area contributed by atoms with Crippen molar-refractivity contribution in [3.63, 3.8) is 0 Å². The normalized spacial score (nSPS) is 51.6. The van der Waals surface area contributed by atoms with Gasteiger partial charge in [-0.2, -0.15) is 0 Å². The highest BCUT2D eigenvalue weighted by Gasteiger charge is 2.65. The molecule has 10 atom stereocenters. The van der Waals surface area contributed by atoms with Crippen molar-refractivity contribution in [2.45, 2.75) is 131 Å². The molecule has 0 radical (unpaired) electrons. The van der Waals surface area contributed by atoms with Crippen molar-refractivity contribution in [3.8, 4) is 0 Å². The van der Waals surface area contributed by atoms with Crippen LogP contribution in [0.3, 0.4) is 0 Å². The van der Waals surface area contributed by atoms with Gasteiger partial charge in [0, 0.05) is 0 Å². The van der Waals surface area contributed by atoms with E-state index in [-0.39, 0.29) is 34.7 Å². The molecule has 5 aliphatic rings. The Bertz CT molecular complexity index is 828. The van der Waals surface area contributed by atoms with Gasteiger partial charge in [0.25, 0.3) is 0 Å². The van der Waals surface area contributed by atoms with Gasteiger partial charge in [0.1, 0.15) is 6.10 Å². The third-order valence-corrected chi connectivity index (χ3v) is 12.6. The van der Waals surface area contributed by atoms with E-state index in [4.69, 9.17) is 4.74 Å². The summed E-state index contributed by atoms with van der Waals surface area (Å²) in [7, 11) is 0. The van der Waals surface area contributed by atoms with Crippen LogP contribution in [0.15, 0.2) is 11.6 Å². The van der Waals surface area contributed by atoms with Gasteiger partial charge in [-0.15, -0.1) is 0 Å². The van der Waals surface area contributed by atoms with Crippen LogP contribution in [0.1, 0.15) is 107 Å². The fraction of sp³-hybridized carbons (Fsp3) is 0.933. The minimum Gasteiger partial charge on any atom is -0.393 e. The van der Waals surface area contributed by atoms with Crippen molar-refractivity contribution in [1.29, 1.82) is 0 Å². The lowest BCUT2D eigenvalue weighted by atomic mass is 9.41. The van der Waals surface area contributed by atoms with Crippen molar-refractivity contribution in [3.05, 3.63) is 11.6 Å². The summed E-state index contributed by atoms with van der Waals surface area (Å²) < 4.78 is 5.76. The predicted molar refractivity (Wildman–Crippen MR) is 134 cm³/mol. The van der Waals surface area contributed by atoms with Gasteiger partial charge in [0.05, 0.1) is 17.8 Å². The zero-order valence-electron chi connectivity index (χ0n) is 22.6. The maximum Gasteiger partial charge on any atom is 0.113 e. The third-order valence-electron chi connectivity index (χ3n) is 12.6. The lowest BCUT2D eigenvalue weighted by Crippen LogP contribution is -2.58. The zero-order chi connectivity index (χ0) is 24.2. The number of hydrogen-bond donors (Lipinski definition) is 2. The number of epoxide rings is 1. The van der Waals surface area contributed by atoms with Crippen LogP contribution in [0.2, 0.25) is 0 Å². The van der Waals surface area contributed by atoms with E-state index in [1.165, 1.54) is 32.1 Å². The van der Waals surface area contributed by atoms with Crippen LogP contribution in [0, 0.1) is 45.3 Å². The average molecular weight is 459 g/mol. The molecule has 1 saturated heterocycles. The van der Waals surface area contributed by atoms with E-state index < -0.39 is 0 Å². The minimum absolute atomic E-state index is 0.00178. The number of fused-ring (bicyclic) bond motifs is 5. The molecule has 3 saturated carbocycles. The standard InChI is InChI=1S/C30H50O3/c1-18(17-22(31)25-27(4,5)33-25)19-11-15-30(8)21-9-10-23-26(2,3)24(32)13-14-28(23,6)20(21)12-16-29(19,30)7/h9,18-20,22-25,31-32H,10-17H2,1-8H3/t18-,19-,20-,22-,23-,24-,25-,28+,29-,30+/m0/s1. The second-order valence-electron chi connectivity index (χ2n) is 14.7. The average Bonchev–Trinajstić information content (AvgIpc) is 3.26. The van der Waals surface area contributed by atoms with Crippen molar-refractivity contribution in [1.82, 2.24) is 0 Å². The quantitative estimate of drug-likeness (QED) is 0.372. The zero-order valence-corrected chi connectivity index (χ0v) is 22.6. The molecule has 4 aliphatic carbocycles. The Balaban J connectivity index is 1.40. The van der Waals surface area contributed by atoms with Crippen LogP contribution in [0.25, 0.3) is 0 Å². The molecule has 1 heterocycles. The first-order valence-corrected chi connectivity index (χ1v) is 13.9. The number of aliphatic hydroxyl groups is 2. The minimum atomic E-state index is -0.341. The van der Waals surface area contributed by atoms with E-state index in [1.54, 1.807) is 5.57 Å². The van der Waals surface area contributed by atoms with Crippen LogP contribution < -0.4 is 0 Å². The van der Waals surface area contributed by atoms with Crippen molar-refractivity contribution >= 4 is 0 Å². The molecule has 33 heavy (non-hydrogen) atoms. The highest BCUT2D eigenvalue weighted by atomic mass is 16.6. The van der Waals surface area contributed by atoms with Gasteiger partial charge in [-0.1, -0.05) is 53.2 Å².